The van der Waals surface area contributed by atoms with Crippen LogP contribution in [0.25, 0.3) is 0 Å². The molecule has 2 aliphatic heterocycles. The number of terminal acetylenes is 1. The van der Waals surface area contributed by atoms with Gasteiger partial charge in [-0.3, -0.25) is 9.59 Å². The van der Waals surface area contributed by atoms with Gasteiger partial charge >= 0.3 is 6.18 Å². The molecule has 0 saturated heterocycles. The number of carbonyl (C=O) groups excluding carboxylic acids is 2. The van der Waals surface area contributed by atoms with Gasteiger partial charge in [0.25, 0.3) is 11.8 Å². The van der Waals surface area contributed by atoms with Crippen molar-refractivity contribution < 1.29 is 22.8 Å². The van der Waals surface area contributed by atoms with E-state index in [-0.39, 0.29) is 11.6 Å². The number of carbonyl (C=O) groups is 2. The van der Waals surface area contributed by atoms with Crippen LogP contribution >= 0.6 is 0 Å². The molecule has 0 bridgehead atoms. The molecular formula is C18H16F3N5O2. The third-order valence-corrected chi connectivity index (χ3v) is 4.34. The fourth-order valence-corrected chi connectivity index (χ4v) is 2.69. The number of nitrogens with one attached hydrogen (secondary N) is 1. The smallest absolute Gasteiger partial charge is 0.352 e. The Morgan fingerprint density at radius 1 is 1.25 bits per heavy atom. The first-order valence-corrected chi connectivity index (χ1v) is 8.47. The Labute approximate surface area is 158 Å². The fourth-order valence-electron chi connectivity index (χ4n) is 2.69. The van der Waals surface area contributed by atoms with Crippen LogP contribution in [0, 0.1) is 12.3 Å². The second-order valence-corrected chi connectivity index (χ2v) is 6.37. The van der Waals surface area contributed by atoms with Crippen LogP contribution in [0.5, 0.6) is 0 Å². The molecule has 0 atom stereocenters. The van der Waals surface area contributed by atoms with E-state index < -0.39 is 29.9 Å². The Balaban J connectivity index is 1.56. The SMILES string of the molecule is C#CCCC1(CCNC(=O)c2ccc(N3N=C(C(F)(F)F)CC3=O)cc2)N=N1. The highest BCUT2D eigenvalue weighted by Gasteiger charge is 2.42. The second-order valence-electron chi connectivity index (χ2n) is 6.37. The third-order valence-electron chi connectivity index (χ3n) is 4.34. The molecule has 0 unspecified atom stereocenters. The maximum absolute atomic E-state index is 12.7. The minimum Gasteiger partial charge on any atom is -0.352 e. The Kier molecular flexibility index (Phi) is 5.18. The molecule has 0 spiro atoms. The summed E-state index contributed by atoms with van der Waals surface area (Å²) in [6, 6.07) is 5.57. The number of hydrazone groups is 1. The number of benzene rings is 1. The molecule has 0 fully saturated rings. The van der Waals surface area contributed by atoms with Crippen molar-refractivity contribution in [2.45, 2.75) is 37.5 Å². The van der Waals surface area contributed by atoms with Gasteiger partial charge in [0.15, 0.2) is 11.4 Å². The van der Waals surface area contributed by atoms with Crippen molar-refractivity contribution in [1.82, 2.24) is 5.32 Å². The maximum Gasteiger partial charge on any atom is 0.431 e. The van der Waals surface area contributed by atoms with E-state index >= 15 is 0 Å². The van der Waals surface area contributed by atoms with Gasteiger partial charge < -0.3 is 5.32 Å². The molecule has 10 heteroatoms. The van der Waals surface area contributed by atoms with Gasteiger partial charge in [-0.15, -0.1) is 12.3 Å². The highest BCUT2D eigenvalue weighted by atomic mass is 19.4. The first kappa shape index (κ1) is 19.5. The fraction of sp³-hybridized carbons (Fsp3) is 0.389. The number of rotatable bonds is 7. The molecule has 0 saturated carbocycles. The lowest BCUT2D eigenvalue weighted by Crippen LogP contribution is -2.28. The van der Waals surface area contributed by atoms with Gasteiger partial charge in [0.05, 0.1) is 12.1 Å². The minimum absolute atomic E-state index is 0.157. The summed E-state index contributed by atoms with van der Waals surface area (Å²) in [6.45, 7) is 0.349. The van der Waals surface area contributed by atoms with Crippen LogP contribution in [0.15, 0.2) is 39.6 Å². The first-order valence-electron chi connectivity index (χ1n) is 8.47. The van der Waals surface area contributed by atoms with Gasteiger partial charge in [-0.25, -0.2) is 5.01 Å². The van der Waals surface area contributed by atoms with Crippen molar-refractivity contribution >= 4 is 23.2 Å². The molecule has 3 rings (SSSR count). The van der Waals surface area contributed by atoms with Gasteiger partial charge in [0.1, 0.15) is 0 Å². The van der Waals surface area contributed by atoms with Gasteiger partial charge in [-0.2, -0.15) is 28.5 Å². The standard InChI is InChI=1S/C18H16F3N5O2/c1-2-3-8-17(24-25-17)9-10-22-16(28)12-4-6-13(7-5-12)26-15(27)11-14(23-26)18(19,20)21/h1,4-7H,3,8-11H2,(H,22,28). The molecule has 1 aromatic rings. The van der Waals surface area contributed by atoms with Crippen molar-refractivity contribution in [3.05, 3.63) is 29.8 Å². The molecule has 146 valence electrons. The molecule has 1 aromatic carbocycles. The number of nitrogens with zero attached hydrogens (tertiary/aromatic N) is 4. The van der Waals surface area contributed by atoms with E-state index in [2.05, 4.69) is 26.6 Å². The van der Waals surface area contributed by atoms with Crippen LogP contribution in [-0.4, -0.2) is 35.9 Å². The van der Waals surface area contributed by atoms with Crippen molar-refractivity contribution in [3.63, 3.8) is 0 Å². The predicted octanol–water partition coefficient (Wildman–Crippen LogP) is 3.04. The van der Waals surface area contributed by atoms with Crippen molar-refractivity contribution in [2.75, 3.05) is 11.6 Å². The van der Waals surface area contributed by atoms with E-state index in [1.165, 1.54) is 24.3 Å². The van der Waals surface area contributed by atoms with Crippen LogP contribution in [-0.2, 0) is 4.79 Å². The normalized spacial score (nSPS) is 17.3. The summed E-state index contributed by atoms with van der Waals surface area (Å²) >= 11 is 0. The quantitative estimate of drug-likeness (QED) is 0.725. The van der Waals surface area contributed by atoms with Crippen molar-refractivity contribution in [2.24, 2.45) is 15.3 Å². The summed E-state index contributed by atoms with van der Waals surface area (Å²) in [5, 5.41) is 14.7. The van der Waals surface area contributed by atoms with E-state index in [1.807, 2.05) is 0 Å². The zero-order valence-corrected chi connectivity index (χ0v) is 14.7. The average molecular weight is 391 g/mol. The lowest BCUT2D eigenvalue weighted by atomic mass is 10.0. The predicted molar refractivity (Wildman–Crippen MR) is 94.6 cm³/mol. The van der Waals surface area contributed by atoms with E-state index in [0.29, 0.717) is 36.4 Å². The number of halogens is 3. The molecule has 0 radical (unpaired) electrons. The summed E-state index contributed by atoms with van der Waals surface area (Å²) in [6.07, 6.45) is 1.49. The van der Waals surface area contributed by atoms with E-state index in [9.17, 15) is 22.8 Å². The van der Waals surface area contributed by atoms with E-state index in [1.54, 1.807) is 0 Å². The molecule has 1 N–H and O–H groups in total. The van der Waals surface area contributed by atoms with Crippen LogP contribution in [0.4, 0.5) is 18.9 Å². The number of hydrogen-bond acceptors (Lipinski definition) is 5. The highest BCUT2D eigenvalue weighted by Crippen LogP contribution is 2.36. The van der Waals surface area contributed by atoms with Gasteiger partial charge in [-0.1, -0.05) is 0 Å². The second kappa shape index (κ2) is 7.42. The van der Waals surface area contributed by atoms with Crippen LogP contribution in [0.3, 0.4) is 0 Å². The average Bonchev–Trinajstić information content (AvgIpc) is 3.31. The molecular weight excluding hydrogens is 375 g/mol. The number of hydrogen-bond donors (Lipinski definition) is 1. The van der Waals surface area contributed by atoms with Crippen molar-refractivity contribution in [3.8, 4) is 12.3 Å². The minimum atomic E-state index is -4.65. The molecule has 28 heavy (non-hydrogen) atoms. The molecule has 2 aliphatic rings. The maximum atomic E-state index is 12.7. The summed E-state index contributed by atoms with van der Waals surface area (Å²) < 4.78 is 38.0. The van der Waals surface area contributed by atoms with Gasteiger partial charge in [-0.05, 0) is 24.3 Å². The molecule has 2 amide bonds. The zero-order chi connectivity index (χ0) is 20.4. The topological polar surface area (TPSA) is 86.5 Å². The Morgan fingerprint density at radius 3 is 2.46 bits per heavy atom. The largest absolute Gasteiger partial charge is 0.431 e. The summed E-state index contributed by atoms with van der Waals surface area (Å²) in [7, 11) is 0. The Hall–Kier alpha value is -3.22. The zero-order valence-electron chi connectivity index (χ0n) is 14.7. The number of alkyl halides is 3. The summed E-state index contributed by atoms with van der Waals surface area (Å²) in [4.78, 5) is 24.0. The lowest BCUT2D eigenvalue weighted by Gasteiger charge is -2.13. The highest BCUT2D eigenvalue weighted by molar-refractivity contribution is 6.14. The number of amides is 2. The first-order chi connectivity index (χ1) is 13.2. The van der Waals surface area contributed by atoms with E-state index in [0.717, 1.165) is 0 Å². The molecule has 7 nitrogen and oxygen atoms in total. The van der Waals surface area contributed by atoms with Crippen LogP contribution < -0.4 is 10.3 Å². The Morgan fingerprint density at radius 2 is 1.93 bits per heavy atom. The van der Waals surface area contributed by atoms with E-state index in [4.69, 9.17) is 6.42 Å². The summed E-state index contributed by atoms with van der Waals surface area (Å²) in [5.41, 5.74) is -1.18. The van der Waals surface area contributed by atoms with Crippen LogP contribution in [0.2, 0.25) is 0 Å². The summed E-state index contributed by atoms with van der Waals surface area (Å²) in [5.74, 6) is 1.39. The molecule has 0 aromatic heterocycles. The van der Waals surface area contributed by atoms with Gasteiger partial charge in [0, 0.05) is 31.4 Å². The third kappa shape index (κ3) is 4.36. The van der Waals surface area contributed by atoms with Crippen LogP contribution in [0.1, 0.15) is 36.0 Å². The lowest BCUT2D eigenvalue weighted by molar-refractivity contribution is -0.117. The Bertz CT molecular complexity index is 878. The van der Waals surface area contributed by atoms with Crippen molar-refractivity contribution in [1.29, 1.82) is 0 Å². The molecule has 0 aliphatic carbocycles. The monoisotopic (exact) mass is 391 g/mol. The number of anilines is 1. The van der Waals surface area contributed by atoms with Gasteiger partial charge in [0.2, 0.25) is 0 Å². The molecule has 2 heterocycles.